The van der Waals surface area contributed by atoms with Crippen LogP contribution in [0.2, 0.25) is 0 Å². The Hall–Kier alpha value is -1.11. The van der Waals surface area contributed by atoms with Gasteiger partial charge in [-0.05, 0) is 26.2 Å². The monoisotopic (exact) mass is 216 g/mol. The molecule has 1 aromatic carbocycles. The highest BCUT2D eigenvalue weighted by atomic mass is 16.1. The van der Waals surface area contributed by atoms with Crippen molar-refractivity contribution >= 4 is 5.78 Å². The quantitative estimate of drug-likeness (QED) is 0.691. The van der Waals surface area contributed by atoms with E-state index in [4.69, 9.17) is 0 Å². The van der Waals surface area contributed by atoms with Crippen molar-refractivity contribution in [3.63, 3.8) is 0 Å². The van der Waals surface area contributed by atoms with E-state index in [1.165, 1.54) is 12.0 Å². The summed E-state index contributed by atoms with van der Waals surface area (Å²) in [5.41, 5.74) is 2.11. The summed E-state index contributed by atoms with van der Waals surface area (Å²) in [5, 5.41) is 0. The minimum absolute atomic E-state index is 0.00991. The molecule has 0 spiro atoms. The molecule has 0 atom stereocenters. The van der Waals surface area contributed by atoms with Gasteiger partial charge in [0.05, 0.1) is 0 Å². The summed E-state index contributed by atoms with van der Waals surface area (Å²) < 4.78 is 0. The van der Waals surface area contributed by atoms with E-state index in [0.29, 0.717) is 5.78 Å². The van der Waals surface area contributed by atoms with Crippen molar-refractivity contribution in [3.05, 3.63) is 35.4 Å². The number of ketones is 1. The predicted octanol–water partition coefficient (Wildman–Crippen LogP) is 4.15. The fourth-order valence-electron chi connectivity index (χ4n) is 2.68. The zero-order valence-corrected chi connectivity index (χ0v) is 10.3. The Morgan fingerprint density at radius 1 is 1.25 bits per heavy atom. The van der Waals surface area contributed by atoms with Crippen molar-refractivity contribution in [3.8, 4) is 0 Å². The first kappa shape index (κ1) is 11.4. The molecule has 2 rings (SSSR count). The molecule has 1 nitrogen and oxygen atoms in total. The molecule has 0 aliphatic heterocycles. The number of hydrogen-bond donors (Lipinski definition) is 0. The summed E-state index contributed by atoms with van der Waals surface area (Å²) in [5.74, 6) is 0.376. The lowest BCUT2D eigenvalue weighted by Gasteiger charge is -2.40. The van der Waals surface area contributed by atoms with Gasteiger partial charge in [-0.15, -0.1) is 0 Å². The van der Waals surface area contributed by atoms with E-state index in [2.05, 4.69) is 13.8 Å². The maximum atomic E-state index is 12.5. The van der Waals surface area contributed by atoms with E-state index in [9.17, 15) is 4.79 Å². The zero-order valence-electron chi connectivity index (χ0n) is 10.3. The van der Waals surface area contributed by atoms with Crippen molar-refractivity contribution in [1.29, 1.82) is 0 Å². The van der Waals surface area contributed by atoms with E-state index >= 15 is 0 Å². The van der Waals surface area contributed by atoms with Gasteiger partial charge in [-0.2, -0.15) is 0 Å². The molecule has 1 heteroatoms. The van der Waals surface area contributed by atoms with Crippen LogP contribution in [-0.2, 0) is 0 Å². The van der Waals surface area contributed by atoms with Gasteiger partial charge < -0.3 is 0 Å². The number of benzene rings is 1. The molecular formula is C15H20O. The molecule has 0 amide bonds. The van der Waals surface area contributed by atoms with Gasteiger partial charge in [0.15, 0.2) is 5.78 Å². The fourth-order valence-corrected chi connectivity index (χ4v) is 2.68. The van der Waals surface area contributed by atoms with Crippen LogP contribution in [0.5, 0.6) is 0 Å². The summed E-state index contributed by atoms with van der Waals surface area (Å²) in [7, 11) is 0. The Balaban J connectivity index is 2.20. The maximum absolute atomic E-state index is 12.5. The van der Waals surface area contributed by atoms with Crippen molar-refractivity contribution < 1.29 is 4.79 Å². The van der Waals surface area contributed by atoms with Crippen molar-refractivity contribution in [1.82, 2.24) is 0 Å². The van der Waals surface area contributed by atoms with E-state index in [-0.39, 0.29) is 5.41 Å². The van der Waals surface area contributed by atoms with E-state index < -0.39 is 0 Å². The topological polar surface area (TPSA) is 17.1 Å². The van der Waals surface area contributed by atoms with Crippen LogP contribution < -0.4 is 0 Å². The normalized spacial score (nSPS) is 17.9. The van der Waals surface area contributed by atoms with Gasteiger partial charge in [-0.25, -0.2) is 0 Å². The summed E-state index contributed by atoms with van der Waals surface area (Å²) in [6, 6.07) is 8.03. The predicted molar refractivity (Wildman–Crippen MR) is 66.7 cm³/mol. The molecule has 86 valence electrons. The second-order valence-electron chi connectivity index (χ2n) is 5.08. The third-order valence-corrected chi connectivity index (χ3v) is 3.83. The van der Waals surface area contributed by atoms with Crippen LogP contribution in [0.15, 0.2) is 24.3 Å². The maximum Gasteiger partial charge on any atom is 0.168 e. The standard InChI is InChI=1S/C15H20O/c1-3-9-15(10-4-11-15)14(16)13-7-5-12(2)6-8-13/h5-8H,3-4,9-11H2,1-2H3. The van der Waals surface area contributed by atoms with E-state index in [1.54, 1.807) is 0 Å². The molecule has 16 heavy (non-hydrogen) atoms. The van der Waals surface area contributed by atoms with Gasteiger partial charge in [0, 0.05) is 11.0 Å². The number of carbonyl (C=O) groups is 1. The molecule has 0 bridgehead atoms. The lowest BCUT2D eigenvalue weighted by Crippen LogP contribution is -2.37. The largest absolute Gasteiger partial charge is 0.294 e. The van der Waals surface area contributed by atoms with Crippen LogP contribution in [0.4, 0.5) is 0 Å². The third kappa shape index (κ3) is 1.91. The number of aryl methyl sites for hydroxylation is 1. The second kappa shape index (κ2) is 4.40. The molecule has 0 heterocycles. The Bertz CT molecular complexity index is 371. The number of rotatable bonds is 4. The molecule has 0 N–H and O–H groups in total. The van der Waals surface area contributed by atoms with Crippen LogP contribution in [-0.4, -0.2) is 5.78 Å². The lowest BCUT2D eigenvalue weighted by atomic mass is 9.62. The van der Waals surface area contributed by atoms with Gasteiger partial charge in [0.2, 0.25) is 0 Å². The van der Waals surface area contributed by atoms with Crippen LogP contribution in [0.3, 0.4) is 0 Å². The molecule has 0 radical (unpaired) electrons. The van der Waals surface area contributed by atoms with Gasteiger partial charge in [-0.1, -0.05) is 49.6 Å². The number of Topliss-reactive ketones (excluding diaryl/α,β-unsaturated/α-hetero) is 1. The van der Waals surface area contributed by atoms with Crippen molar-refractivity contribution in [2.24, 2.45) is 5.41 Å². The summed E-state index contributed by atoms with van der Waals surface area (Å²) in [6.45, 7) is 4.22. The van der Waals surface area contributed by atoms with Gasteiger partial charge in [-0.3, -0.25) is 4.79 Å². The van der Waals surface area contributed by atoms with Gasteiger partial charge >= 0.3 is 0 Å². The Labute approximate surface area is 97.9 Å². The lowest BCUT2D eigenvalue weighted by molar-refractivity contribution is 0.0577. The number of carbonyl (C=O) groups excluding carboxylic acids is 1. The minimum Gasteiger partial charge on any atom is -0.294 e. The molecule has 1 aliphatic rings. The van der Waals surface area contributed by atoms with Crippen LogP contribution >= 0.6 is 0 Å². The molecular weight excluding hydrogens is 196 g/mol. The fraction of sp³-hybridized carbons (Fsp3) is 0.533. The van der Waals surface area contributed by atoms with Crippen LogP contribution in [0, 0.1) is 12.3 Å². The average Bonchev–Trinajstić information content (AvgIpc) is 2.23. The molecule has 1 saturated carbocycles. The average molecular weight is 216 g/mol. The second-order valence-corrected chi connectivity index (χ2v) is 5.08. The molecule has 1 aliphatic carbocycles. The van der Waals surface area contributed by atoms with Crippen LogP contribution in [0.1, 0.15) is 54.9 Å². The number of hydrogen-bond acceptors (Lipinski definition) is 1. The highest BCUT2D eigenvalue weighted by Gasteiger charge is 2.42. The summed E-state index contributed by atoms with van der Waals surface area (Å²) in [4.78, 5) is 12.5. The Kier molecular flexibility index (Phi) is 3.13. The molecule has 0 saturated heterocycles. The van der Waals surface area contributed by atoms with E-state index in [0.717, 1.165) is 31.2 Å². The highest BCUT2D eigenvalue weighted by molar-refractivity contribution is 6.01. The zero-order chi connectivity index (χ0) is 11.6. The third-order valence-electron chi connectivity index (χ3n) is 3.83. The smallest absolute Gasteiger partial charge is 0.168 e. The Morgan fingerprint density at radius 2 is 1.88 bits per heavy atom. The van der Waals surface area contributed by atoms with Crippen LogP contribution in [0.25, 0.3) is 0 Å². The first-order valence-electron chi connectivity index (χ1n) is 6.29. The molecule has 1 aromatic rings. The first-order valence-corrected chi connectivity index (χ1v) is 6.29. The summed E-state index contributed by atoms with van der Waals surface area (Å²) in [6.07, 6.45) is 5.57. The SMILES string of the molecule is CCCC1(C(=O)c2ccc(C)cc2)CCC1. The first-order chi connectivity index (χ1) is 7.68. The minimum atomic E-state index is -0.00991. The molecule has 0 unspecified atom stereocenters. The van der Waals surface area contributed by atoms with Crippen molar-refractivity contribution in [2.45, 2.75) is 46.0 Å². The van der Waals surface area contributed by atoms with Crippen molar-refractivity contribution in [2.75, 3.05) is 0 Å². The highest BCUT2D eigenvalue weighted by Crippen LogP contribution is 2.47. The molecule has 0 aromatic heterocycles. The summed E-state index contributed by atoms with van der Waals surface area (Å²) >= 11 is 0. The van der Waals surface area contributed by atoms with Gasteiger partial charge in [0.1, 0.15) is 0 Å². The van der Waals surface area contributed by atoms with Gasteiger partial charge in [0.25, 0.3) is 0 Å². The molecule has 1 fully saturated rings. The Morgan fingerprint density at radius 3 is 2.31 bits per heavy atom. The van der Waals surface area contributed by atoms with E-state index in [1.807, 2.05) is 24.3 Å².